The van der Waals surface area contributed by atoms with Crippen molar-refractivity contribution < 1.29 is 14.3 Å². The van der Waals surface area contributed by atoms with Crippen LogP contribution in [0.3, 0.4) is 0 Å². The lowest BCUT2D eigenvalue weighted by atomic mass is 10.2. The van der Waals surface area contributed by atoms with Crippen LogP contribution in [-0.4, -0.2) is 19.4 Å². The Morgan fingerprint density at radius 3 is 2.38 bits per heavy atom. The van der Waals surface area contributed by atoms with Crippen LogP contribution in [0.2, 0.25) is 0 Å². The molecular weight excluding hydrogens is 284 g/mol. The molecule has 0 aromatic heterocycles. The maximum Gasteiger partial charge on any atom is 0.331 e. The van der Waals surface area contributed by atoms with Crippen molar-refractivity contribution in [3.05, 3.63) is 71.8 Å². The quantitative estimate of drug-likeness (QED) is 0.364. The van der Waals surface area contributed by atoms with Gasteiger partial charge in [0.05, 0.1) is 7.11 Å². The minimum atomic E-state index is -0.426. The molecule has 0 unspecified atom stereocenters. The van der Waals surface area contributed by atoms with E-state index in [4.69, 9.17) is 4.74 Å². The number of hydrogen-bond acceptors (Lipinski definition) is 4. The summed E-state index contributed by atoms with van der Waals surface area (Å²) in [6.45, 7) is 0. The van der Waals surface area contributed by atoms with Crippen LogP contribution < -0.4 is 0 Å². The topological polar surface area (TPSA) is 43.4 Å². The van der Waals surface area contributed by atoms with Crippen LogP contribution in [0.5, 0.6) is 0 Å². The summed E-state index contributed by atoms with van der Waals surface area (Å²) in [6, 6.07) is 16.8. The number of thioether (sulfide) groups is 1. The highest BCUT2D eigenvalue weighted by Gasteiger charge is 2.10. The number of hydrogen-bond donors (Lipinski definition) is 0. The van der Waals surface area contributed by atoms with Crippen LogP contribution in [0.1, 0.15) is 15.9 Å². The Hall–Kier alpha value is -2.33. The summed E-state index contributed by atoms with van der Waals surface area (Å²) in [4.78, 5) is 24.2. The maximum absolute atomic E-state index is 11.6. The average Bonchev–Trinajstić information content (AvgIpc) is 2.55. The van der Waals surface area contributed by atoms with Gasteiger partial charge in [-0.3, -0.25) is 4.79 Å². The molecule has 2 aromatic carbocycles. The Balaban J connectivity index is 2.39. The van der Waals surface area contributed by atoms with Gasteiger partial charge in [-0.2, -0.15) is 0 Å². The zero-order valence-corrected chi connectivity index (χ0v) is 12.3. The molecule has 0 saturated heterocycles. The Morgan fingerprint density at radius 2 is 1.71 bits per heavy atom. The van der Waals surface area contributed by atoms with E-state index >= 15 is 0 Å². The van der Waals surface area contributed by atoms with Crippen molar-refractivity contribution in [1.29, 1.82) is 0 Å². The minimum absolute atomic E-state index is 0.426. The summed E-state index contributed by atoms with van der Waals surface area (Å²) in [7, 11) is 1.34. The standard InChI is InChI=1S/C17H14O3S/c1-20-17(19)11-16(13-7-3-2-4-8-13)21-15-10-6-5-9-14(15)12-18/h2-12H,1H3. The van der Waals surface area contributed by atoms with Crippen molar-refractivity contribution in [2.75, 3.05) is 7.11 Å². The molecule has 3 nitrogen and oxygen atoms in total. The van der Waals surface area contributed by atoms with Crippen LogP contribution in [0.25, 0.3) is 4.91 Å². The molecule has 0 aliphatic carbocycles. The number of methoxy groups -OCH3 is 1. The van der Waals surface area contributed by atoms with E-state index in [9.17, 15) is 9.59 Å². The molecule has 106 valence electrons. The highest BCUT2D eigenvalue weighted by molar-refractivity contribution is 8.08. The van der Waals surface area contributed by atoms with Crippen LogP contribution in [0, 0.1) is 0 Å². The number of ether oxygens (including phenoxy) is 1. The van der Waals surface area contributed by atoms with Crippen molar-refractivity contribution in [1.82, 2.24) is 0 Å². The van der Waals surface area contributed by atoms with Crippen LogP contribution in [0.15, 0.2) is 65.6 Å². The molecule has 0 amide bonds. The monoisotopic (exact) mass is 298 g/mol. The second kappa shape index (κ2) is 7.45. The fraction of sp³-hybridized carbons (Fsp3) is 0.0588. The first-order valence-electron chi connectivity index (χ1n) is 6.31. The lowest BCUT2D eigenvalue weighted by Crippen LogP contribution is -1.96. The largest absolute Gasteiger partial charge is 0.466 e. The van der Waals surface area contributed by atoms with Gasteiger partial charge in [0.25, 0.3) is 0 Å². The third-order valence-corrected chi connectivity index (χ3v) is 3.94. The van der Waals surface area contributed by atoms with E-state index in [2.05, 4.69) is 0 Å². The predicted octanol–water partition coefficient (Wildman–Crippen LogP) is 3.81. The van der Waals surface area contributed by atoms with Crippen LogP contribution in [0.4, 0.5) is 0 Å². The van der Waals surface area contributed by atoms with Gasteiger partial charge in [-0.15, -0.1) is 0 Å². The van der Waals surface area contributed by atoms with Crippen molar-refractivity contribution in [3.8, 4) is 0 Å². The number of aldehydes is 1. The van der Waals surface area contributed by atoms with Gasteiger partial charge in [0, 0.05) is 21.4 Å². The van der Waals surface area contributed by atoms with E-state index in [0.717, 1.165) is 21.7 Å². The molecule has 0 fully saturated rings. The molecule has 0 aliphatic rings. The van der Waals surface area contributed by atoms with E-state index < -0.39 is 5.97 Å². The summed E-state index contributed by atoms with van der Waals surface area (Å²) in [5, 5.41) is 0. The zero-order valence-electron chi connectivity index (χ0n) is 11.5. The molecular formula is C17H14O3S. The summed E-state index contributed by atoms with van der Waals surface area (Å²) in [5.41, 5.74) is 1.49. The zero-order chi connectivity index (χ0) is 15.1. The average molecular weight is 298 g/mol. The van der Waals surface area contributed by atoms with E-state index in [1.807, 2.05) is 42.5 Å². The molecule has 0 saturated carbocycles. The van der Waals surface area contributed by atoms with E-state index in [-0.39, 0.29) is 0 Å². The molecule has 0 bridgehead atoms. The van der Waals surface area contributed by atoms with Crippen molar-refractivity contribution in [2.24, 2.45) is 0 Å². The molecule has 0 N–H and O–H groups in total. The van der Waals surface area contributed by atoms with Gasteiger partial charge in [-0.25, -0.2) is 4.79 Å². The normalized spacial score (nSPS) is 11.0. The Labute approximate surface area is 127 Å². The molecule has 0 aliphatic heterocycles. The third kappa shape index (κ3) is 4.07. The van der Waals surface area contributed by atoms with Crippen molar-refractivity contribution in [2.45, 2.75) is 4.90 Å². The molecule has 4 heteroatoms. The van der Waals surface area contributed by atoms with Gasteiger partial charge in [-0.05, 0) is 11.6 Å². The van der Waals surface area contributed by atoms with Crippen LogP contribution >= 0.6 is 11.8 Å². The highest BCUT2D eigenvalue weighted by Crippen LogP contribution is 2.35. The van der Waals surface area contributed by atoms with Crippen molar-refractivity contribution in [3.63, 3.8) is 0 Å². The summed E-state index contributed by atoms with van der Waals surface area (Å²) in [6.07, 6.45) is 2.24. The number of rotatable bonds is 5. The molecule has 0 heterocycles. The second-order valence-corrected chi connectivity index (χ2v) is 5.24. The van der Waals surface area contributed by atoms with Crippen molar-refractivity contribution >= 4 is 28.9 Å². The first-order chi connectivity index (χ1) is 10.2. The molecule has 0 radical (unpaired) electrons. The van der Waals surface area contributed by atoms with Gasteiger partial charge < -0.3 is 4.74 Å². The Bertz CT molecular complexity index is 663. The fourth-order valence-corrected chi connectivity index (χ4v) is 2.76. The maximum atomic E-state index is 11.6. The predicted molar refractivity (Wildman–Crippen MR) is 84.1 cm³/mol. The number of carbonyl (C=O) groups is 2. The third-order valence-electron chi connectivity index (χ3n) is 2.77. The minimum Gasteiger partial charge on any atom is -0.466 e. The Kier molecular flexibility index (Phi) is 5.35. The van der Waals surface area contributed by atoms with Gasteiger partial charge >= 0.3 is 5.97 Å². The smallest absolute Gasteiger partial charge is 0.331 e. The number of esters is 1. The summed E-state index contributed by atoms with van der Waals surface area (Å²) < 4.78 is 4.70. The highest BCUT2D eigenvalue weighted by atomic mass is 32.2. The van der Waals surface area contributed by atoms with Gasteiger partial charge in [0.15, 0.2) is 6.29 Å². The van der Waals surface area contributed by atoms with Gasteiger partial charge in [-0.1, -0.05) is 60.3 Å². The van der Waals surface area contributed by atoms with E-state index in [1.54, 1.807) is 12.1 Å². The fourth-order valence-electron chi connectivity index (χ4n) is 1.73. The summed E-state index contributed by atoms with van der Waals surface area (Å²) in [5.74, 6) is -0.426. The lowest BCUT2D eigenvalue weighted by Gasteiger charge is -2.09. The second-order valence-electron chi connectivity index (χ2n) is 4.16. The molecule has 21 heavy (non-hydrogen) atoms. The molecule has 0 atom stereocenters. The van der Waals surface area contributed by atoms with E-state index in [0.29, 0.717) is 5.56 Å². The van der Waals surface area contributed by atoms with Crippen LogP contribution in [-0.2, 0) is 9.53 Å². The number of benzene rings is 2. The summed E-state index contributed by atoms with van der Waals surface area (Å²) >= 11 is 1.37. The molecule has 0 spiro atoms. The first-order valence-corrected chi connectivity index (χ1v) is 7.13. The lowest BCUT2D eigenvalue weighted by molar-refractivity contribution is -0.134. The van der Waals surface area contributed by atoms with Gasteiger partial charge in [0.1, 0.15) is 0 Å². The first kappa shape index (κ1) is 15.1. The Morgan fingerprint density at radius 1 is 1.05 bits per heavy atom. The molecule has 2 rings (SSSR count). The van der Waals surface area contributed by atoms with Gasteiger partial charge in [0.2, 0.25) is 0 Å². The number of carbonyl (C=O) groups excluding carboxylic acids is 2. The van der Waals surface area contributed by atoms with E-state index in [1.165, 1.54) is 24.9 Å². The SMILES string of the molecule is COC(=O)C=C(Sc1ccccc1C=O)c1ccccc1. The molecule has 2 aromatic rings.